The molecule has 1 aromatic carbocycles. The summed E-state index contributed by atoms with van der Waals surface area (Å²) in [5.74, 6) is -1.44. The van der Waals surface area contributed by atoms with Crippen LogP contribution in [0.1, 0.15) is 16.9 Å². The number of nitrogen functional groups attached to an aromatic ring is 1. The van der Waals surface area contributed by atoms with Crippen LogP contribution in [0.4, 0.5) is 0 Å². The Balaban J connectivity index is 2.99. The van der Waals surface area contributed by atoms with Gasteiger partial charge in [-0.2, -0.15) is 0 Å². The second-order valence-corrected chi connectivity index (χ2v) is 4.80. The largest absolute Gasteiger partial charge is 0.384 e. The highest BCUT2D eigenvalue weighted by molar-refractivity contribution is 7.52. The summed E-state index contributed by atoms with van der Waals surface area (Å²) < 4.78 is 10.9. The Morgan fingerprint density at radius 2 is 1.80 bits per heavy atom. The summed E-state index contributed by atoms with van der Waals surface area (Å²) in [4.78, 5) is 17.7. The Bertz CT molecular complexity index is 412. The zero-order valence-corrected chi connectivity index (χ0v) is 8.69. The molecule has 0 bridgehead atoms. The number of hydrogen-bond donors (Lipinski definition) is 5. The van der Waals surface area contributed by atoms with Gasteiger partial charge in [-0.05, 0) is 5.56 Å². The third-order valence-corrected chi connectivity index (χ3v) is 2.95. The van der Waals surface area contributed by atoms with Crippen molar-refractivity contribution in [2.24, 2.45) is 11.5 Å². The monoisotopic (exact) mass is 229 g/mol. The maximum atomic E-state index is 10.9. The van der Waals surface area contributed by atoms with E-state index in [1.165, 1.54) is 24.3 Å². The van der Waals surface area contributed by atoms with Gasteiger partial charge in [0.15, 0.2) is 0 Å². The minimum absolute atomic E-state index is 0.105. The van der Waals surface area contributed by atoms with Crippen LogP contribution in [0.2, 0.25) is 0 Å². The van der Waals surface area contributed by atoms with E-state index in [2.05, 4.69) is 0 Å². The van der Waals surface area contributed by atoms with Crippen molar-refractivity contribution in [3.05, 3.63) is 35.4 Å². The summed E-state index contributed by atoms with van der Waals surface area (Å²) in [7, 11) is -4.32. The molecule has 0 saturated carbocycles. The van der Waals surface area contributed by atoms with Gasteiger partial charge in [0, 0.05) is 5.56 Å². The van der Waals surface area contributed by atoms with Crippen molar-refractivity contribution in [3.8, 4) is 0 Å². The van der Waals surface area contributed by atoms with Gasteiger partial charge in [-0.15, -0.1) is 0 Å². The number of nitrogens with one attached hydrogen (secondary N) is 1. The molecule has 0 amide bonds. The topological polar surface area (TPSA) is 133 Å². The first-order chi connectivity index (χ1) is 6.82. The molecule has 6 nitrogen and oxygen atoms in total. The molecule has 0 radical (unpaired) electrons. The van der Waals surface area contributed by atoms with E-state index >= 15 is 0 Å². The van der Waals surface area contributed by atoms with Crippen LogP contribution in [0.3, 0.4) is 0 Å². The number of nitrogens with two attached hydrogens (primary N) is 2. The summed E-state index contributed by atoms with van der Waals surface area (Å²) in [6.07, 6.45) is 0. The zero-order valence-electron chi connectivity index (χ0n) is 7.79. The fourth-order valence-corrected chi connectivity index (χ4v) is 1.61. The fourth-order valence-electron chi connectivity index (χ4n) is 1.05. The van der Waals surface area contributed by atoms with Crippen LogP contribution in [0.25, 0.3) is 0 Å². The standard InChI is InChI=1S/C8H12N3O3P/c9-7(10)5-1-3-6(4-2-5)8(11)15(12,13)14/h1-4,8H,11H2,(H3,9,10)(H2,12,13,14)/t8-/m1/s1. The Labute approximate surface area is 86.6 Å². The normalized spacial score (nSPS) is 13.5. The molecule has 0 unspecified atom stereocenters. The van der Waals surface area contributed by atoms with Crippen LogP contribution in [-0.2, 0) is 4.57 Å². The molecule has 0 saturated heterocycles. The number of amidine groups is 1. The Morgan fingerprint density at radius 1 is 1.33 bits per heavy atom. The van der Waals surface area contributed by atoms with Crippen molar-refractivity contribution < 1.29 is 14.4 Å². The Hall–Kier alpha value is -1.20. The molecular formula is C8H12N3O3P. The molecule has 7 heteroatoms. The summed E-state index contributed by atoms with van der Waals surface area (Å²) in [6.45, 7) is 0. The van der Waals surface area contributed by atoms with Crippen molar-refractivity contribution in [3.63, 3.8) is 0 Å². The van der Waals surface area contributed by atoms with E-state index in [-0.39, 0.29) is 5.84 Å². The van der Waals surface area contributed by atoms with Crippen molar-refractivity contribution in [1.29, 1.82) is 5.41 Å². The number of benzene rings is 1. The first-order valence-electron chi connectivity index (χ1n) is 4.07. The molecule has 15 heavy (non-hydrogen) atoms. The van der Waals surface area contributed by atoms with E-state index in [1.54, 1.807) is 0 Å². The molecule has 1 rings (SSSR count). The minimum Gasteiger partial charge on any atom is -0.384 e. The summed E-state index contributed by atoms with van der Waals surface area (Å²) in [5, 5.41) is 7.13. The SMILES string of the molecule is N=C(N)c1ccc([C@H](N)P(=O)(O)O)cc1. The molecule has 0 aliphatic rings. The summed E-state index contributed by atoms with van der Waals surface area (Å²) in [5.41, 5.74) is 11.4. The van der Waals surface area contributed by atoms with Gasteiger partial charge in [0.05, 0.1) is 0 Å². The second kappa shape index (κ2) is 4.12. The van der Waals surface area contributed by atoms with Gasteiger partial charge < -0.3 is 21.3 Å². The van der Waals surface area contributed by atoms with Crippen LogP contribution in [0.5, 0.6) is 0 Å². The van der Waals surface area contributed by atoms with E-state index in [1.807, 2.05) is 0 Å². The van der Waals surface area contributed by atoms with Crippen molar-refractivity contribution >= 4 is 13.4 Å². The van der Waals surface area contributed by atoms with E-state index < -0.39 is 13.4 Å². The number of rotatable bonds is 3. The van der Waals surface area contributed by atoms with Crippen molar-refractivity contribution in [2.75, 3.05) is 0 Å². The molecule has 0 aliphatic heterocycles. The zero-order chi connectivity index (χ0) is 11.6. The smallest absolute Gasteiger partial charge is 0.346 e. The molecular weight excluding hydrogens is 217 g/mol. The van der Waals surface area contributed by atoms with Gasteiger partial charge in [0.2, 0.25) is 0 Å². The predicted octanol–water partition coefficient (Wildman–Crippen LogP) is 0.106. The van der Waals surface area contributed by atoms with Gasteiger partial charge in [-0.1, -0.05) is 24.3 Å². The molecule has 0 aliphatic carbocycles. The minimum atomic E-state index is -4.32. The van der Waals surface area contributed by atoms with Gasteiger partial charge in [0.1, 0.15) is 11.6 Å². The second-order valence-electron chi connectivity index (χ2n) is 3.07. The highest BCUT2D eigenvalue weighted by Crippen LogP contribution is 2.47. The first kappa shape index (κ1) is 11.9. The van der Waals surface area contributed by atoms with E-state index in [9.17, 15) is 4.57 Å². The highest BCUT2D eigenvalue weighted by Gasteiger charge is 2.25. The molecule has 1 aromatic rings. The lowest BCUT2D eigenvalue weighted by atomic mass is 10.1. The Kier molecular flexibility index (Phi) is 3.26. The Morgan fingerprint density at radius 3 is 2.13 bits per heavy atom. The van der Waals surface area contributed by atoms with Gasteiger partial charge in [-0.3, -0.25) is 9.97 Å². The first-order valence-corrected chi connectivity index (χ1v) is 5.75. The van der Waals surface area contributed by atoms with Crippen LogP contribution >= 0.6 is 7.60 Å². The summed E-state index contributed by atoms with van der Waals surface area (Å²) >= 11 is 0. The highest BCUT2D eigenvalue weighted by atomic mass is 31.2. The quantitative estimate of drug-likeness (QED) is 0.285. The maximum absolute atomic E-state index is 10.9. The van der Waals surface area contributed by atoms with Gasteiger partial charge >= 0.3 is 7.60 Å². The molecule has 7 N–H and O–H groups in total. The average Bonchev–Trinajstić information content (AvgIpc) is 2.15. The third kappa shape index (κ3) is 2.87. The molecule has 0 spiro atoms. The van der Waals surface area contributed by atoms with E-state index in [0.29, 0.717) is 11.1 Å². The third-order valence-electron chi connectivity index (χ3n) is 1.93. The molecule has 0 fully saturated rings. The maximum Gasteiger partial charge on any atom is 0.346 e. The predicted molar refractivity (Wildman–Crippen MR) is 56.4 cm³/mol. The fraction of sp³-hybridized carbons (Fsp3) is 0.125. The lowest BCUT2D eigenvalue weighted by Crippen LogP contribution is -2.13. The molecule has 0 aromatic heterocycles. The van der Waals surface area contributed by atoms with Crippen LogP contribution in [0, 0.1) is 5.41 Å². The van der Waals surface area contributed by atoms with E-state index in [4.69, 9.17) is 26.7 Å². The summed E-state index contributed by atoms with van der Waals surface area (Å²) in [6, 6.07) is 5.88. The van der Waals surface area contributed by atoms with Gasteiger partial charge in [0.25, 0.3) is 0 Å². The van der Waals surface area contributed by atoms with Crippen molar-refractivity contribution in [2.45, 2.75) is 5.78 Å². The number of hydrogen-bond acceptors (Lipinski definition) is 3. The van der Waals surface area contributed by atoms with Crippen LogP contribution < -0.4 is 11.5 Å². The molecule has 1 atom stereocenters. The van der Waals surface area contributed by atoms with Gasteiger partial charge in [-0.25, -0.2) is 0 Å². The average molecular weight is 229 g/mol. The molecule has 0 heterocycles. The lowest BCUT2D eigenvalue weighted by molar-refractivity contribution is 0.359. The van der Waals surface area contributed by atoms with Crippen LogP contribution in [0.15, 0.2) is 24.3 Å². The van der Waals surface area contributed by atoms with Crippen LogP contribution in [-0.4, -0.2) is 15.6 Å². The molecule has 82 valence electrons. The van der Waals surface area contributed by atoms with E-state index in [0.717, 1.165) is 0 Å². The lowest BCUT2D eigenvalue weighted by Gasteiger charge is -2.13. The van der Waals surface area contributed by atoms with Crippen molar-refractivity contribution in [1.82, 2.24) is 0 Å².